The summed E-state index contributed by atoms with van der Waals surface area (Å²) in [6, 6.07) is 0. The van der Waals surface area contributed by atoms with Gasteiger partial charge in [0, 0.05) is 12.3 Å². The Kier molecular flexibility index (Phi) is 5.10. The van der Waals surface area contributed by atoms with Gasteiger partial charge in [-0.25, -0.2) is 9.89 Å². The standard InChI is InChI=1S/C13H22N4O3S/c1-3-7-14-13(10(18)19)6-4-5-9(8-13)21-12-16-15-11(20)17(12)2/h9,14H,3-8H2,1-2H3,(H,15,20)(H,18,19). The minimum absolute atomic E-state index is 0.146. The number of aromatic nitrogens is 3. The third-order valence-corrected chi connectivity index (χ3v) is 5.25. The van der Waals surface area contributed by atoms with Crippen molar-refractivity contribution in [2.75, 3.05) is 6.54 Å². The van der Waals surface area contributed by atoms with Crippen molar-refractivity contribution in [1.82, 2.24) is 20.1 Å². The molecule has 0 bridgehead atoms. The van der Waals surface area contributed by atoms with Crippen molar-refractivity contribution in [3.8, 4) is 0 Å². The Balaban J connectivity index is 2.10. The molecule has 1 saturated carbocycles. The molecule has 118 valence electrons. The molecule has 7 nitrogen and oxygen atoms in total. The summed E-state index contributed by atoms with van der Waals surface area (Å²) in [6.07, 6.45) is 3.90. The van der Waals surface area contributed by atoms with E-state index in [9.17, 15) is 14.7 Å². The number of nitrogens with one attached hydrogen (secondary N) is 2. The summed E-state index contributed by atoms with van der Waals surface area (Å²) in [5.74, 6) is -0.780. The van der Waals surface area contributed by atoms with Gasteiger partial charge in [0.25, 0.3) is 0 Å². The van der Waals surface area contributed by atoms with Gasteiger partial charge < -0.3 is 10.4 Å². The molecular weight excluding hydrogens is 292 g/mol. The van der Waals surface area contributed by atoms with Crippen molar-refractivity contribution in [3.05, 3.63) is 10.5 Å². The van der Waals surface area contributed by atoms with Gasteiger partial charge in [-0.1, -0.05) is 18.7 Å². The Morgan fingerprint density at radius 2 is 2.43 bits per heavy atom. The van der Waals surface area contributed by atoms with Crippen LogP contribution in [-0.2, 0) is 11.8 Å². The third-order valence-electron chi connectivity index (χ3n) is 3.94. The van der Waals surface area contributed by atoms with Crippen LogP contribution in [0.3, 0.4) is 0 Å². The van der Waals surface area contributed by atoms with Crippen molar-refractivity contribution in [1.29, 1.82) is 0 Å². The van der Waals surface area contributed by atoms with Crippen molar-refractivity contribution < 1.29 is 9.90 Å². The first kappa shape index (κ1) is 16.1. The summed E-state index contributed by atoms with van der Waals surface area (Å²) in [5.41, 5.74) is -1.09. The van der Waals surface area contributed by atoms with Crippen LogP contribution in [0.5, 0.6) is 0 Å². The van der Waals surface area contributed by atoms with Crippen LogP contribution in [-0.4, -0.2) is 43.2 Å². The normalized spacial score (nSPS) is 25.9. The van der Waals surface area contributed by atoms with Gasteiger partial charge in [0.2, 0.25) is 0 Å². The molecule has 2 atom stereocenters. The Labute approximate surface area is 127 Å². The summed E-state index contributed by atoms with van der Waals surface area (Å²) in [7, 11) is 1.66. The van der Waals surface area contributed by atoms with E-state index in [4.69, 9.17) is 0 Å². The maximum Gasteiger partial charge on any atom is 0.343 e. The van der Waals surface area contributed by atoms with Gasteiger partial charge in [-0.3, -0.25) is 9.36 Å². The molecule has 0 amide bonds. The van der Waals surface area contributed by atoms with Gasteiger partial charge in [-0.15, -0.1) is 5.10 Å². The molecule has 8 heteroatoms. The first-order valence-electron chi connectivity index (χ1n) is 7.25. The van der Waals surface area contributed by atoms with E-state index >= 15 is 0 Å². The summed E-state index contributed by atoms with van der Waals surface area (Å²) < 4.78 is 1.46. The van der Waals surface area contributed by atoms with Crippen molar-refractivity contribution in [2.45, 2.75) is 55.0 Å². The van der Waals surface area contributed by atoms with E-state index in [1.165, 1.54) is 16.3 Å². The highest BCUT2D eigenvalue weighted by molar-refractivity contribution is 7.99. The van der Waals surface area contributed by atoms with E-state index < -0.39 is 11.5 Å². The number of carbonyl (C=O) groups is 1. The van der Waals surface area contributed by atoms with Gasteiger partial charge in [-0.2, -0.15) is 0 Å². The van der Waals surface area contributed by atoms with Crippen LogP contribution in [0, 0.1) is 0 Å². The molecule has 0 spiro atoms. The highest BCUT2D eigenvalue weighted by Crippen LogP contribution is 2.37. The molecule has 0 radical (unpaired) electrons. The average Bonchev–Trinajstić information content (AvgIpc) is 2.77. The van der Waals surface area contributed by atoms with E-state index in [0.717, 1.165) is 19.3 Å². The Morgan fingerprint density at radius 1 is 1.67 bits per heavy atom. The number of hydrogen-bond donors (Lipinski definition) is 3. The molecule has 1 heterocycles. The van der Waals surface area contributed by atoms with Crippen LogP contribution in [0.1, 0.15) is 39.0 Å². The maximum absolute atomic E-state index is 11.7. The van der Waals surface area contributed by atoms with Crippen molar-refractivity contribution in [2.24, 2.45) is 7.05 Å². The lowest BCUT2D eigenvalue weighted by Crippen LogP contribution is -2.55. The molecule has 21 heavy (non-hydrogen) atoms. The second kappa shape index (κ2) is 6.65. The van der Waals surface area contributed by atoms with Crippen molar-refractivity contribution >= 4 is 17.7 Å². The molecule has 1 aromatic rings. The first-order valence-corrected chi connectivity index (χ1v) is 8.13. The van der Waals surface area contributed by atoms with E-state index in [-0.39, 0.29) is 10.9 Å². The van der Waals surface area contributed by atoms with Crippen LogP contribution in [0.2, 0.25) is 0 Å². The fraction of sp³-hybridized carbons (Fsp3) is 0.769. The molecule has 2 rings (SSSR count). The van der Waals surface area contributed by atoms with Gasteiger partial charge in [0.15, 0.2) is 5.16 Å². The molecule has 0 saturated heterocycles. The van der Waals surface area contributed by atoms with Crippen LogP contribution in [0.4, 0.5) is 0 Å². The van der Waals surface area contributed by atoms with E-state index in [1.54, 1.807) is 7.05 Å². The number of aromatic amines is 1. The Morgan fingerprint density at radius 3 is 3.00 bits per heavy atom. The van der Waals surface area contributed by atoms with Crippen molar-refractivity contribution in [3.63, 3.8) is 0 Å². The van der Waals surface area contributed by atoms with Crippen LogP contribution in [0.25, 0.3) is 0 Å². The van der Waals surface area contributed by atoms with Crippen LogP contribution >= 0.6 is 11.8 Å². The van der Waals surface area contributed by atoms with Gasteiger partial charge in [0.05, 0.1) is 0 Å². The maximum atomic E-state index is 11.7. The minimum atomic E-state index is -0.846. The van der Waals surface area contributed by atoms with Gasteiger partial charge in [0.1, 0.15) is 5.54 Å². The molecule has 2 unspecified atom stereocenters. The predicted molar refractivity (Wildman–Crippen MR) is 80.6 cm³/mol. The Bertz CT molecular complexity index is 556. The molecule has 1 aliphatic carbocycles. The van der Waals surface area contributed by atoms with E-state index in [0.29, 0.717) is 24.5 Å². The summed E-state index contributed by atoms with van der Waals surface area (Å²) >= 11 is 1.48. The largest absolute Gasteiger partial charge is 0.480 e. The number of rotatable bonds is 6. The summed E-state index contributed by atoms with van der Waals surface area (Å²) in [6.45, 7) is 2.72. The monoisotopic (exact) mass is 314 g/mol. The van der Waals surface area contributed by atoms with E-state index in [1.807, 2.05) is 6.92 Å². The lowest BCUT2D eigenvalue weighted by Gasteiger charge is -2.38. The lowest BCUT2D eigenvalue weighted by molar-refractivity contribution is -0.146. The number of carboxylic acid groups (broad SMARTS) is 1. The number of H-pyrrole nitrogens is 1. The highest BCUT2D eigenvalue weighted by atomic mass is 32.2. The zero-order valence-corrected chi connectivity index (χ0v) is 13.2. The van der Waals surface area contributed by atoms with E-state index in [2.05, 4.69) is 15.5 Å². The second-order valence-corrected chi connectivity index (χ2v) is 6.79. The molecule has 1 fully saturated rings. The molecule has 3 N–H and O–H groups in total. The smallest absolute Gasteiger partial charge is 0.343 e. The Hall–Kier alpha value is -1.28. The SMILES string of the molecule is CCCNC1(C(=O)O)CCCC(Sc2n[nH]c(=O)n2C)C1. The molecule has 0 aliphatic heterocycles. The minimum Gasteiger partial charge on any atom is -0.480 e. The third kappa shape index (κ3) is 3.49. The average molecular weight is 314 g/mol. The van der Waals surface area contributed by atoms with Crippen LogP contribution in [0.15, 0.2) is 9.95 Å². The van der Waals surface area contributed by atoms with Gasteiger partial charge in [-0.05, 0) is 38.6 Å². The summed E-state index contributed by atoms with van der Waals surface area (Å²) in [4.78, 5) is 23.1. The molecule has 1 aliphatic rings. The van der Waals surface area contributed by atoms with Gasteiger partial charge >= 0.3 is 11.7 Å². The molecule has 1 aromatic heterocycles. The summed E-state index contributed by atoms with van der Waals surface area (Å²) in [5, 5.41) is 20.0. The molecular formula is C13H22N4O3S. The number of carboxylic acids is 1. The second-order valence-electron chi connectivity index (χ2n) is 5.52. The number of hydrogen-bond acceptors (Lipinski definition) is 5. The lowest BCUT2D eigenvalue weighted by atomic mass is 9.81. The zero-order valence-electron chi connectivity index (χ0n) is 12.4. The topological polar surface area (TPSA) is 100 Å². The fourth-order valence-corrected chi connectivity index (χ4v) is 4.00. The highest BCUT2D eigenvalue weighted by Gasteiger charge is 2.42. The number of aliphatic carboxylic acids is 1. The number of thioether (sulfide) groups is 1. The zero-order chi connectivity index (χ0) is 15.5. The van der Waals surface area contributed by atoms with Crippen LogP contribution < -0.4 is 11.0 Å². The first-order chi connectivity index (χ1) is 9.98. The molecule has 0 aromatic carbocycles. The fourth-order valence-electron chi connectivity index (χ4n) is 2.71. The predicted octanol–water partition coefficient (Wildman–Crippen LogP) is 0.966. The number of nitrogens with zero attached hydrogens (tertiary/aromatic N) is 2. The quantitative estimate of drug-likeness (QED) is 0.723.